The molecule has 1 aliphatic rings. The molecule has 1 aliphatic carbocycles. The van der Waals surface area contributed by atoms with Gasteiger partial charge in [0.05, 0.1) is 12.7 Å². The Balaban J connectivity index is 1.76. The quantitative estimate of drug-likeness (QED) is 0.677. The Morgan fingerprint density at radius 2 is 2.00 bits per heavy atom. The van der Waals surface area contributed by atoms with E-state index in [0.29, 0.717) is 11.1 Å². The SMILES string of the molecule is CCC(NCCOC1CCCCC1)c1ccc(Cl)cc1Cl. The number of ether oxygens (including phenoxy) is 1. The van der Waals surface area contributed by atoms with Crippen molar-refractivity contribution in [1.29, 1.82) is 0 Å². The van der Waals surface area contributed by atoms with Gasteiger partial charge in [-0.05, 0) is 37.0 Å². The van der Waals surface area contributed by atoms with Crippen molar-refractivity contribution >= 4 is 23.2 Å². The first-order valence-corrected chi connectivity index (χ1v) is 8.76. The lowest BCUT2D eigenvalue weighted by Crippen LogP contribution is -2.27. The van der Waals surface area contributed by atoms with Crippen LogP contribution < -0.4 is 5.32 Å². The van der Waals surface area contributed by atoms with Gasteiger partial charge in [0.2, 0.25) is 0 Å². The van der Waals surface area contributed by atoms with Gasteiger partial charge in [0.25, 0.3) is 0 Å². The van der Waals surface area contributed by atoms with E-state index in [0.717, 1.165) is 30.2 Å². The highest BCUT2D eigenvalue weighted by Gasteiger charge is 2.15. The van der Waals surface area contributed by atoms with Crippen LogP contribution in [0.2, 0.25) is 10.0 Å². The van der Waals surface area contributed by atoms with Gasteiger partial charge in [-0.15, -0.1) is 0 Å². The second-order valence-electron chi connectivity index (χ2n) is 5.71. The predicted molar refractivity (Wildman–Crippen MR) is 90.3 cm³/mol. The molecule has 0 spiro atoms. The van der Waals surface area contributed by atoms with Gasteiger partial charge in [0.1, 0.15) is 0 Å². The van der Waals surface area contributed by atoms with Gasteiger partial charge < -0.3 is 10.1 Å². The fourth-order valence-corrected chi connectivity index (χ4v) is 3.49. The molecule has 1 aromatic carbocycles. The highest BCUT2D eigenvalue weighted by Crippen LogP contribution is 2.28. The molecular weight excluding hydrogens is 305 g/mol. The second kappa shape index (κ2) is 8.99. The Bertz CT molecular complexity index is 433. The summed E-state index contributed by atoms with van der Waals surface area (Å²) in [5.41, 5.74) is 1.11. The molecule has 1 N–H and O–H groups in total. The summed E-state index contributed by atoms with van der Waals surface area (Å²) in [7, 11) is 0. The maximum atomic E-state index is 6.28. The topological polar surface area (TPSA) is 21.3 Å². The van der Waals surface area contributed by atoms with Crippen LogP contribution in [0.25, 0.3) is 0 Å². The molecule has 1 aromatic rings. The van der Waals surface area contributed by atoms with E-state index in [1.807, 2.05) is 12.1 Å². The summed E-state index contributed by atoms with van der Waals surface area (Å²) in [6, 6.07) is 5.96. The standard InChI is InChI=1S/C17H25Cl2NO/c1-2-17(15-9-8-13(18)12-16(15)19)20-10-11-21-14-6-4-3-5-7-14/h8-9,12,14,17,20H,2-7,10-11H2,1H3. The molecule has 0 saturated heterocycles. The second-order valence-corrected chi connectivity index (χ2v) is 6.56. The molecule has 0 bridgehead atoms. The molecule has 0 radical (unpaired) electrons. The van der Waals surface area contributed by atoms with Crippen LogP contribution >= 0.6 is 23.2 Å². The number of halogens is 2. The van der Waals surface area contributed by atoms with E-state index < -0.39 is 0 Å². The Morgan fingerprint density at radius 1 is 1.24 bits per heavy atom. The van der Waals surface area contributed by atoms with E-state index in [-0.39, 0.29) is 6.04 Å². The van der Waals surface area contributed by atoms with Gasteiger partial charge in [-0.2, -0.15) is 0 Å². The number of benzene rings is 1. The number of hydrogen-bond donors (Lipinski definition) is 1. The van der Waals surface area contributed by atoms with Crippen molar-refractivity contribution in [2.24, 2.45) is 0 Å². The number of nitrogens with one attached hydrogen (secondary N) is 1. The molecule has 1 fully saturated rings. The van der Waals surface area contributed by atoms with Gasteiger partial charge in [-0.25, -0.2) is 0 Å². The fraction of sp³-hybridized carbons (Fsp3) is 0.647. The third-order valence-electron chi connectivity index (χ3n) is 4.14. The van der Waals surface area contributed by atoms with Crippen molar-refractivity contribution in [3.63, 3.8) is 0 Å². The van der Waals surface area contributed by atoms with E-state index >= 15 is 0 Å². The minimum atomic E-state index is 0.254. The third-order valence-corrected chi connectivity index (χ3v) is 4.71. The molecule has 21 heavy (non-hydrogen) atoms. The van der Waals surface area contributed by atoms with Crippen LogP contribution in [0, 0.1) is 0 Å². The average Bonchev–Trinajstić information content (AvgIpc) is 2.49. The molecule has 4 heteroatoms. The number of hydrogen-bond acceptors (Lipinski definition) is 2. The molecule has 0 amide bonds. The first-order chi connectivity index (χ1) is 10.2. The van der Waals surface area contributed by atoms with Gasteiger partial charge in [0.15, 0.2) is 0 Å². The van der Waals surface area contributed by atoms with Crippen molar-refractivity contribution in [3.8, 4) is 0 Å². The Labute approximate surface area is 138 Å². The molecule has 118 valence electrons. The highest BCUT2D eigenvalue weighted by atomic mass is 35.5. The predicted octanol–water partition coefficient (Wildman–Crippen LogP) is 5.38. The van der Waals surface area contributed by atoms with Crippen LogP contribution in [-0.4, -0.2) is 19.3 Å². The monoisotopic (exact) mass is 329 g/mol. The van der Waals surface area contributed by atoms with Crippen LogP contribution in [-0.2, 0) is 4.74 Å². The van der Waals surface area contributed by atoms with Crippen LogP contribution in [0.4, 0.5) is 0 Å². The minimum absolute atomic E-state index is 0.254. The maximum absolute atomic E-state index is 6.28. The molecule has 0 aromatic heterocycles. The average molecular weight is 330 g/mol. The molecule has 2 rings (SSSR count). The largest absolute Gasteiger partial charge is 0.377 e. The molecular formula is C17H25Cl2NO. The molecule has 0 aliphatic heterocycles. The molecule has 0 heterocycles. The Morgan fingerprint density at radius 3 is 2.67 bits per heavy atom. The zero-order valence-electron chi connectivity index (χ0n) is 12.7. The van der Waals surface area contributed by atoms with Gasteiger partial charge >= 0.3 is 0 Å². The van der Waals surface area contributed by atoms with E-state index in [9.17, 15) is 0 Å². The van der Waals surface area contributed by atoms with Crippen LogP contribution in [0.5, 0.6) is 0 Å². The van der Waals surface area contributed by atoms with Gasteiger partial charge in [0, 0.05) is 22.6 Å². The third kappa shape index (κ3) is 5.45. The Hall–Kier alpha value is -0.280. The zero-order chi connectivity index (χ0) is 15.1. The van der Waals surface area contributed by atoms with Crippen molar-refractivity contribution in [1.82, 2.24) is 5.32 Å². The summed E-state index contributed by atoms with van der Waals surface area (Å²) in [5, 5.41) is 4.94. The maximum Gasteiger partial charge on any atom is 0.0594 e. The highest BCUT2D eigenvalue weighted by molar-refractivity contribution is 6.35. The summed E-state index contributed by atoms with van der Waals surface area (Å²) < 4.78 is 5.95. The van der Waals surface area contributed by atoms with E-state index in [2.05, 4.69) is 12.2 Å². The van der Waals surface area contributed by atoms with E-state index in [1.165, 1.54) is 32.1 Å². The fourth-order valence-electron chi connectivity index (χ4n) is 2.95. The van der Waals surface area contributed by atoms with Crippen LogP contribution in [0.3, 0.4) is 0 Å². The molecule has 1 saturated carbocycles. The first-order valence-electron chi connectivity index (χ1n) is 8.00. The van der Waals surface area contributed by atoms with E-state index in [4.69, 9.17) is 27.9 Å². The minimum Gasteiger partial charge on any atom is -0.377 e. The summed E-state index contributed by atoms with van der Waals surface area (Å²) >= 11 is 12.2. The normalized spacial score (nSPS) is 17.9. The summed E-state index contributed by atoms with van der Waals surface area (Å²) in [4.78, 5) is 0. The van der Waals surface area contributed by atoms with Crippen molar-refractivity contribution in [2.75, 3.05) is 13.2 Å². The zero-order valence-corrected chi connectivity index (χ0v) is 14.2. The van der Waals surface area contributed by atoms with Crippen LogP contribution in [0.1, 0.15) is 57.1 Å². The summed E-state index contributed by atoms with van der Waals surface area (Å²) in [6.07, 6.45) is 7.90. The molecule has 1 unspecified atom stereocenters. The molecule has 2 nitrogen and oxygen atoms in total. The van der Waals surface area contributed by atoms with Crippen molar-refractivity contribution in [2.45, 2.75) is 57.6 Å². The summed E-state index contributed by atoms with van der Waals surface area (Å²) in [5.74, 6) is 0. The smallest absolute Gasteiger partial charge is 0.0594 e. The summed E-state index contributed by atoms with van der Waals surface area (Å²) in [6.45, 7) is 3.78. The van der Waals surface area contributed by atoms with Gasteiger partial charge in [-0.1, -0.05) is 55.5 Å². The van der Waals surface area contributed by atoms with Gasteiger partial charge in [-0.3, -0.25) is 0 Å². The Kier molecular flexibility index (Phi) is 7.31. The van der Waals surface area contributed by atoms with E-state index in [1.54, 1.807) is 6.07 Å². The first kappa shape index (κ1) is 17.1. The van der Waals surface area contributed by atoms with Crippen molar-refractivity contribution < 1.29 is 4.74 Å². The van der Waals surface area contributed by atoms with Crippen molar-refractivity contribution in [3.05, 3.63) is 33.8 Å². The lowest BCUT2D eigenvalue weighted by atomic mass is 9.98. The lowest BCUT2D eigenvalue weighted by molar-refractivity contribution is 0.0293. The van der Waals surface area contributed by atoms with Crippen LogP contribution in [0.15, 0.2) is 18.2 Å². The number of rotatable bonds is 7. The lowest BCUT2D eigenvalue weighted by Gasteiger charge is -2.23. The molecule has 1 atom stereocenters.